The maximum Gasteiger partial charge on any atom is 0.335 e. The lowest BCUT2D eigenvalue weighted by Crippen LogP contribution is -2.70. The molecule has 1 saturated heterocycles. The van der Waals surface area contributed by atoms with Crippen LogP contribution in [-0.4, -0.2) is 56.4 Å². The number of fused-ring (bicyclic) bond motifs is 3. The van der Waals surface area contributed by atoms with Gasteiger partial charge in [-0.3, -0.25) is 4.79 Å². The van der Waals surface area contributed by atoms with Crippen molar-refractivity contribution in [1.29, 1.82) is 0 Å². The highest BCUT2D eigenvalue weighted by Crippen LogP contribution is 2.77. The molecule has 33 heavy (non-hydrogen) atoms. The number of hydrogen-bond acceptors (Lipinski definition) is 8. The van der Waals surface area contributed by atoms with Gasteiger partial charge in [0.1, 0.15) is 17.8 Å². The van der Waals surface area contributed by atoms with Gasteiger partial charge in [-0.1, -0.05) is 6.92 Å². The van der Waals surface area contributed by atoms with Gasteiger partial charge in [0.25, 0.3) is 0 Å². The molecule has 6 rings (SSSR count). The van der Waals surface area contributed by atoms with E-state index in [0.29, 0.717) is 38.5 Å². The van der Waals surface area contributed by atoms with Crippen LogP contribution in [0.2, 0.25) is 0 Å². The molecule has 8 heteroatoms. The van der Waals surface area contributed by atoms with Gasteiger partial charge in [-0.2, -0.15) is 0 Å². The quantitative estimate of drug-likeness (QED) is 0.449. The summed E-state index contributed by atoms with van der Waals surface area (Å²) in [5.74, 6) is -0.744. The van der Waals surface area contributed by atoms with Crippen LogP contribution in [0.1, 0.15) is 70.3 Å². The normalized spacial score (nSPS) is 52.2. The third-order valence-electron chi connectivity index (χ3n) is 10.0. The van der Waals surface area contributed by atoms with E-state index in [1.54, 1.807) is 6.07 Å². The van der Waals surface area contributed by atoms with Crippen LogP contribution in [-0.2, 0) is 14.3 Å². The van der Waals surface area contributed by atoms with Crippen LogP contribution < -0.4 is 5.63 Å². The number of ether oxygens (including phenoxy) is 2. The van der Waals surface area contributed by atoms with Crippen molar-refractivity contribution in [2.75, 3.05) is 0 Å². The van der Waals surface area contributed by atoms with E-state index in [2.05, 4.69) is 6.92 Å². The minimum atomic E-state index is -1.29. The second kappa shape index (κ2) is 6.68. The van der Waals surface area contributed by atoms with Crippen LogP contribution >= 0.6 is 0 Å². The third kappa shape index (κ3) is 2.61. The van der Waals surface area contributed by atoms with Crippen molar-refractivity contribution >= 4 is 5.97 Å². The van der Waals surface area contributed by atoms with E-state index in [-0.39, 0.29) is 36.2 Å². The molecule has 8 nitrogen and oxygen atoms in total. The van der Waals surface area contributed by atoms with Crippen LogP contribution in [0.4, 0.5) is 0 Å². The first-order valence-electron chi connectivity index (χ1n) is 12.1. The van der Waals surface area contributed by atoms with Gasteiger partial charge in [-0.05, 0) is 62.0 Å². The Hall–Kier alpha value is -1.74. The Morgan fingerprint density at radius 1 is 1.12 bits per heavy atom. The minimum Gasteiger partial charge on any atom is -0.459 e. The first-order chi connectivity index (χ1) is 15.6. The summed E-state index contributed by atoms with van der Waals surface area (Å²) in [4.78, 5) is 23.6. The highest BCUT2D eigenvalue weighted by atomic mass is 16.7. The Bertz CT molecular complexity index is 1030. The van der Waals surface area contributed by atoms with Gasteiger partial charge in [0.2, 0.25) is 0 Å². The van der Waals surface area contributed by atoms with Crippen molar-refractivity contribution in [3.8, 4) is 0 Å². The van der Waals surface area contributed by atoms with Gasteiger partial charge >= 0.3 is 11.6 Å². The van der Waals surface area contributed by atoms with Crippen LogP contribution in [0.25, 0.3) is 0 Å². The number of hydrogen-bond donors (Lipinski definition) is 3. The van der Waals surface area contributed by atoms with Crippen molar-refractivity contribution in [3.05, 3.63) is 34.4 Å². The Kier molecular flexibility index (Phi) is 4.41. The number of aliphatic hydroxyl groups is 3. The summed E-state index contributed by atoms with van der Waals surface area (Å²) in [6.45, 7) is 3.55. The molecule has 3 N–H and O–H groups in total. The Morgan fingerprint density at radius 3 is 2.58 bits per heavy atom. The zero-order valence-electron chi connectivity index (χ0n) is 19.0. The zero-order valence-corrected chi connectivity index (χ0v) is 19.0. The van der Waals surface area contributed by atoms with Crippen LogP contribution in [0.5, 0.6) is 0 Å². The Balaban J connectivity index is 1.42. The molecule has 0 amide bonds. The van der Waals surface area contributed by atoms with Crippen molar-refractivity contribution in [3.63, 3.8) is 0 Å². The first-order valence-corrected chi connectivity index (χ1v) is 12.1. The summed E-state index contributed by atoms with van der Waals surface area (Å²) < 4.78 is 17.5. The molecule has 1 spiro atoms. The van der Waals surface area contributed by atoms with Gasteiger partial charge < -0.3 is 29.2 Å². The van der Waals surface area contributed by atoms with Crippen molar-refractivity contribution < 1.29 is 34.0 Å². The van der Waals surface area contributed by atoms with E-state index < -0.39 is 40.1 Å². The van der Waals surface area contributed by atoms with Gasteiger partial charge in [0.05, 0.1) is 23.6 Å². The molecule has 2 heterocycles. The fourth-order valence-corrected chi connectivity index (χ4v) is 8.70. The standard InChI is InChI=1S/C25H32O8/c1-13(26)32-20-19(14-3-4-18(28)31-12-14)22(2)8-6-16-17(25(22)21(20)33-25)7-9-23(29)11-15(27)5-10-24(16,23)30/h3-4,12,15-17,19-21,27,29-30H,5-11H2,1-2H3. The van der Waals surface area contributed by atoms with Crippen molar-refractivity contribution in [2.24, 2.45) is 17.3 Å². The molecular weight excluding hydrogens is 428 g/mol. The highest BCUT2D eigenvalue weighted by molar-refractivity contribution is 5.66. The van der Waals surface area contributed by atoms with E-state index in [0.717, 1.165) is 5.56 Å². The van der Waals surface area contributed by atoms with E-state index in [9.17, 15) is 24.9 Å². The number of epoxide rings is 1. The Labute approximate surface area is 191 Å². The topological polar surface area (TPSA) is 130 Å². The number of esters is 1. The smallest absolute Gasteiger partial charge is 0.335 e. The molecule has 0 radical (unpaired) electrons. The molecule has 5 aliphatic rings. The molecule has 1 aliphatic heterocycles. The van der Waals surface area contributed by atoms with E-state index in [1.807, 2.05) is 0 Å². The van der Waals surface area contributed by atoms with E-state index in [1.165, 1.54) is 19.3 Å². The van der Waals surface area contributed by atoms with Gasteiger partial charge in [0, 0.05) is 30.7 Å². The number of carbonyl (C=O) groups excluding carboxylic acids is 1. The fraction of sp³-hybridized carbons (Fsp3) is 0.760. The van der Waals surface area contributed by atoms with Crippen molar-refractivity contribution in [1.82, 2.24) is 0 Å². The minimum absolute atomic E-state index is 0.000506. The second-order valence-corrected chi connectivity index (χ2v) is 11.3. The Morgan fingerprint density at radius 2 is 1.88 bits per heavy atom. The van der Waals surface area contributed by atoms with Crippen LogP contribution in [0, 0.1) is 17.3 Å². The van der Waals surface area contributed by atoms with Crippen molar-refractivity contribution in [2.45, 2.75) is 99.8 Å². The van der Waals surface area contributed by atoms with E-state index in [4.69, 9.17) is 13.9 Å². The summed E-state index contributed by atoms with van der Waals surface area (Å²) >= 11 is 0. The summed E-state index contributed by atoms with van der Waals surface area (Å²) in [5, 5.41) is 33.5. The predicted molar refractivity (Wildman–Crippen MR) is 114 cm³/mol. The molecular formula is C25H32O8. The molecule has 10 unspecified atom stereocenters. The molecule has 0 bridgehead atoms. The molecule has 180 valence electrons. The average Bonchev–Trinajstić information content (AvgIpc) is 3.45. The van der Waals surface area contributed by atoms with Gasteiger partial charge in [-0.25, -0.2) is 4.79 Å². The molecule has 1 aromatic rings. The summed E-state index contributed by atoms with van der Waals surface area (Å²) in [7, 11) is 0. The largest absolute Gasteiger partial charge is 0.459 e. The number of carbonyl (C=O) groups is 1. The second-order valence-electron chi connectivity index (χ2n) is 11.3. The molecule has 10 atom stereocenters. The monoisotopic (exact) mass is 460 g/mol. The van der Waals surface area contributed by atoms with Crippen LogP contribution in [0.15, 0.2) is 27.6 Å². The maximum atomic E-state index is 12.0. The first kappa shape index (κ1) is 21.8. The third-order valence-corrected chi connectivity index (χ3v) is 10.0. The SMILES string of the molecule is CC(=O)OC1C(c2ccc(=O)oc2)C2(C)CCC3C(CCC4(O)CC(O)CCC34O)C23OC13. The number of aliphatic hydroxyl groups excluding tert-OH is 1. The van der Waals surface area contributed by atoms with Gasteiger partial charge in [-0.15, -0.1) is 0 Å². The zero-order chi connectivity index (χ0) is 23.4. The lowest BCUT2D eigenvalue weighted by Gasteiger charge is -2.62. The summed E-state index contributed by atoms with van der Waals surface area (Å²) in [5.41, 5.74) is -3.15. The molecule has 5 fully saturated rings. The lowest BCUT2D eigenvalue weighted by atomic mass is 9.46. The maximum absolute atomic E-state index is 12.0. The van der Waals surface area contributed by atoms with Gasteiger partial charge in [0.15, 0.2) is 0 Å². The number of rotatable bonds is 2. The molecule has 0 aromatic carbocycles. The molecule has 4 aliphatic carbocycles. The average molecular weight is 461 g/mol. The van der Waals surface area contributed by atoms with Crippen LogP contribution in [0.3, 0.4) is 0 Å². The summed E-state index contributed by atoms with van der Waals surface area (Å²) in [6.07, 6.45) is 3.58. The molecule has 4 saturated carbocycles. The summed E-state index contributed by atoms with van der Waals surface area (Å²) in [6, 6.07) is 3.14. The molecule has 1 aromatic heterocycles. The lowest BCUT2D eigenvalue weighted by molar-refractivity contribution is -0.268. The van der Waals surface area contributed by atoms with E-state index >= 15 is 0 Å². The predicted octanol–water partition coefficient (Wildman–Crippen LogP) is 1.64. The highest BCUT2D eigenvalue weighted by Gasteiger charge is 2.85. The fourth-order valence-electron chi connectivity index (χ4n) is 8.70.